The number of hydrogen-bond acceptors (Lipinski definition) is 0. The molecule has 0 aliphatic rings. The molecule has 0 atom stereocenters. The van der Waals surface area contributed by atoms with Crippen LogP contribution in [0, 0.1) is 17.8 Å². The molecule has 1 heteroatoms. The lowest BCUT2D eigenvalue weighted by molar-refractivity contribution is 0.641. The van der Waals surface area contributed by atoms with Gasteiger partial charge in [0.25, 0.3) is 0 Å². The van der Waals surface area contributed by atoms with Crippen molar-refractivity contribution in [2.45, 2.75) is 65.7 Å². The third-order valence-electron chi connectivity index (χ3n) is 3.10. The highest BCUT2D eigenvalue weighted by Crippen LogP contribution is 2.35. The zero-order chi connectivity index (χ0) is 12.8. The zero-order valence-corrected chi connectivity index (χ0v) is 13.3. The van der Waals surface area contributed by atoms with Gasteiger partial charge in [0.15, 0.2) is 0 Å². The van der Waals surface area contributed by atoms with E-state index in [0.29, 0.717) is 0 Å². The summed E-state index contributed by atoms with van der Waals surface area (Å²) in [6.07, 6.45) is 2.19. The molecule has 0 saturated heterocycles. The molecule has 0 saturated carbocycles. The van der Waals surface area contributed by atoms with Crippen LogP contribution in [0.4, 0.5) is 0 Å². The van der Waals surface area contributed by atoms with E-state index in [1.165, 1.54) is 24.2 Å². The van der Waals surface area contributed by atoms with Crippen molar-refractivity contribution in [2.75, 3.05) is 0 Å². The number of hydrogen-bond donors (Lipinski definition) is 0. The molecule has 0 fully saturated rings. The summed E-state index contributed by atoms with van der Waals surface area (Å²) in [4.78, 5) is 0. The second-order valence-corrected chi connectivity index (χ2v) is 11.4. The summed E-state index contributed by atoms with van der Waals surface area (Å²) in [7, 11) is -1.10. The van der Waals surface area contributed by atoms with Crippen molar-refractivity contribution in [1.82, 2.24) is 0 Å². The fourth-order valence-corrected chi connectivity index (χ4v) is 10.2. The van der Waals surface area contributed by atoms with Gasteiger partial charge in [-0.3, -0.25) is 0 Å². The Morgan fingerprint density at radius 3 is 1.31 bits per heavy atom. The maximum atomic E-state index is 4.00. The first-order valence-corrected chi connectivity index (χ1v) is 9.75. The minimum absolute atomic E-state index is 0.851. The van der Waals surface area contributed by atoms with Crippen molar-refractivity contribution in [3.05, 3.63) is 12.7 Å². The number of allylic oxidation sites excluding steroid dienone is 1. The Morgan fingerprint density at radius 1 is 0.812 bits per heavy atom. The van der Waals surface area contributed by atoms with Gasteiger partial charge in [-0.15, -0.1) is 6.58 Å². The standard InChI is InChI=1S/C15H32Si/c1-8-9-16(10-13(2)3,11-14(4)5)12-15(6)7/h8,13-15H,1,9-12H2,2-7H3. The molecule has 0 unspecified atom stereocenters. The minimum Gasteiger partial charge on any atom is -0.103 e. The predicted octanol–water partition coefficient (Wildman–Crippen LogP) is 5.59. The third-order valence-corrected chi connectivity index (χ3v) is 9.30. The smallest absolute Gasteiger partial charge is 0.0580 e. The second-order valence-electron chi connectivity index (χ2n) is 6.79. The summed E-state index contributed by atoms with van der Waals surface area (Å²) >= 11 is 0. The van der Waals surface area contributed by atoms with E-state index >= 15 is 0 Å². The zero-order valence-electron chi connectivity index (χ0n) is 12.3. The summed E-state index contributed by atoms with van der Waals surface area (Å²) in [5.74, 6) is 2.55. The highest BCUT2D eigenvalue weighted by Gasteiger charge is 2.33. The van der Waals surface area contributed by atoms with Gasteiger partial charge in [-0.1, -0.05) is 65.8 Å². The van der Waals surface area contributed by atoms with Crippen molar-refractivity contribution in [2.24, 2.45) is 17.8 Å². The fourth-order valence-electron chi connectivity index (χ4n) is 3.40. The summed E-state index contributed by atoms with van der Waals surface area (Å²) in [6.45, 7) is 18.3. The molecule has 16 heavy (non-hydrogen) atoms. The van der Waals surface area contributed by atoms with Crippen molar-refractivity contribution >= 4 is 8.07 Å². The molecule has 0 spiro atoms. The van der Waals surface area contributed by atoms with Crippen molar-refractivity contribution in [3.63, 3.8) is 0 Å². The van der Waals surface area contributed by atoms with Gasteiger partial charge in [0.1, 0.15) is 0 Å². The lowest BCUT2D eigenvalue weighted by Gasteiger charge is -2.36. The minimum atomic E-state index is -1.10. The molecule has 0 N–H and O–H groups in total. The largest absolute Gasteiger partial charge is 0.103 e. The normalized spacial score (nSPS) is 12.8. The second kappa shape index (κ2) is 7.32. The van der Waals surface area contributed by atoms with E-state index in [2.05, 4.69) is 54.2 Å². The topological polar surface area (TPSA) is 0 Å². The van der Waals surface area contributed by atoms with Crippen LogP contribution < -0.4 is 0 Å². The van der Waals surface area contributed by atoms with Crippen LogP contribution in [0.1, 0.15) is 41.5 Å². The summed E-state index contributed by atoms with van der Waals surface area (Å²) in [5, 5.41) is 0. The van der Waals surface area contributed by atoms with Crippen LogP contribution >= 0.6 is 0 Å². The Morgan fingerprint density at radius 2 is 1.12 bits per heavy atom. The highest BCUT2D eigenvalue weighted by molar-refractivity contribution is 6.80. The molecule has 0 radical (unpaired) electrons. The van der Waals surface area contributed by atoms with Crippen LogP contribution in [0.25, 0.3) is 0 Å². The van der Waals surface area contributed by atoms with Gasteiger partial charge < -0.3 is 0 Å². The molecule has 0 aromatic carbocycles. The monoisotopic (exact) mass is 240 g/mol. The molecule has 0 aliphatic heterocycles. The lowest BCUT2D eigenvalue weighted by atomic mass is 10.2. The molecule has 0 amide bonds. The molecule has 0 nitrogen and oxygen atoms in total. The molecule has 0 aliphatic carbocycles. The Hall–Kier alpha value is -0.0431. The maximum Gasteiger partial charge on any atom is 0.0580 e. The first-order valence-electron chi connectivity index (χ1n) is 6.92. The molecule has 0 heterocycles. The summed E-state index contributed by atoms with van der Waals surface area (Å²) in [5.41, 5.74) is 0. The van der Waals surface area contributed by atoms with Gasteiger partial charge in [0.05, 0.1) is 8.07 Å². The highest BCUT2D eigenvalue weighted by atomic mass is 28.3. The fraction of sp³-hybridized carbons (Fsp3) is 0.867. The summed E-state index contributed by atoms with van der Waals surface area (Å²) in [6, 6.07) is 5.77. The Bertz CT molecular complexity index is 165. The molecular formula is C15H32Si. The average Bonchev–Trinajstić information content (AvgIpc) is 1.98. The molecule has 0 aromatic heterocycles. The first kappa shape index (κ1) is 16.0. The molecule has 96 valence electrons. The molecule has 0 aromatic rings. The Balaban J connectivity index is 4.79. The van der Waals surface area contributed by atoms with Gasteiger partial charge >= 0.3 is 0 Å². The van der Waals surface area contributed by atoms with Gasteiger partial charge in [0, 0.05) is 0 Å². The van der Waals surface area contributed by atoms with Gasteiger partial charge in [-0.25, -0.2) is 0 Å². The molecule has 0 rings (SSSR count). The van der Waals surface area contributed by atoms with Crippen molar-refractivity contribution < 1.29 is 0 Å². The molecular weight excluding hydrogens is 208 g/mol. The van der Waals surface area contributed by atoms with E-state index in [4.69, 9.17) is 0 Å². The lowest BCUT2D eigenvalue weighted by Crippen LogP contribution is -2.37. The van der Waals surface area contributed by atoms with E-state index < -0.39 is 8.07 Å². The quantitative estimate of drug-likeness (QED) is 0.383. The average molecular weight is 241 g/mol. The van der Waals surface area contributed by atoms with Crippen LogP contribution in [0.3, 0.4) is 0 Å². The first-order chi connectivity index (χ1) is 7.31. The number of rotatable bonds is 8. The SMILES string of the molecule is C=CC[Si](CC(C)C)(CC(C)C)CC(C)C. The van der Waals surface area contributed by atoms with Crippen LogP contribution in [-0.2, 0) is 0 Å². The predicted molar refractivity (Wildman–Crippen MR) is 79.7 cm³/mol. The molecule has 0 bridgehead atoms. The van der Waals surface area contributed by atoms with Gasteiger partial charge in [-0.2, -0.15) is 0 Å². The van der Waals surface area contributed by atoms with E-state index in [0.717, 1.165) is 17.8 Å². The van der Waals surface area contributed by atoms with E-state index in [1.54, 1.807) is 0 Å². The van der Waals surface area contributed by atoms with Gasteiger partial charge in [0.2, 0.25) is 0 Å². The third kappa shape index (κ3) is 6.52. The van der Waals surface area contributed by atoms with E-state index in [1.807, 2.05) is 0 Å². The Kier molecular flexibility index (Phi) is 7.30. The Labute approximate surface area is 105 Å². The van der Waals surface area contributed by atoms with Crippen molar-refractivity contribution in [1.29, 1.82) is 0 Å². The van der Waals surface area contributed by atoms with Crippen LogP contribution in [-0.4, -0.2) is 8.07 Å². The van der Waals surface area contributed by atoms with E-state index in [9.17, 15) is 0 Å². The van der Waals surface area contributed by atoms with Crippen LogP contribution in [0.2, 0.25) is 24.2 Å². The maximum absolute atomic E-state index is 4.00. The van der Waals surface area contributed by atoms with E-state index in [-0.39, 0.29) is 0 Å². The summed E-state index contributed by atoms with van der Waals surface area (Å²) < 4.78 is 0. The van der Waals surface area contributed by atoms with Crippen LogP contribution in [0.5, 0.6) is 0 Å². The van der Waals surface area contributed by atoms with Crippen molar-refractivity contribution in [3.8, 4) is 0 Å². The van der Waals surface area contributed by atoms with Crippen LogP contribution in [0.15, 0.2) is 12.7 Å². The van der Waals surface area contributed by atoms with Gasteiger partial charge in [-0.05, 0) is 23.8 Å².